The van der Waals surface area contributed by atoms with E-state index in [1.54, 1.807) is 14.0 Å². The molecule has 0 aliphatic heterocycles. The third-order valence-electron chi connectivity index (χ3n) is 2.16. The van der Waals surface area contributed by atoms with Crippen LogP contribution < -0.4 is 10.5 Å². The molecule has 0 unspecified atom stereocenters. The fourth-order valence-electron chi connectivity index (χ4n) is 1.30. The molecule has 0 fully saturated rings. The highest BCUT2D eigenvalue weighted by Crippen LogP contribution is 2.22. The van der Waals surface area contributed by atoms with Crippen molar-refractivity contribution in [3.63, 3.8) is 0 Å². The molecule has 0 aliphatic rings. The average molecular weight is 219 g/mol. The second-order valence-electron chi connectivity index (χ2n) is 3.48. The van der Waals surface area contributed by atoms with E-state index in [9.17, 15) is 0 Å². The van der Waals surface area contributed by atoms with Gasteiger partial charge in [-0.25, -0.2) is 0 Å². The number of rotatable bonds is 3. The van der Waals surface area contributed by atoms with Gasteiger partial charge in [-0.15, -0.1) is 0 Å². The summed E-state index contributed by atoms with van der Waals surface area (Å²) in [6, 6.07) is 7.20. The summed E-state index contributed by atoms with van der Waals surface area (Å²) in [6.07, 6.45) is 0. The van der Waals surface area contributed by atoms with Crippen molar-refractivity contribution in [2.45, 2.75) is 13.0 Å². The first-order chi connectivity index (χ1) is 7.70. The van der Waals surface area contributed by atoms with E-state index >= 15 is 0 Å². The van der Waals surface area contributed by atoms with Crippen LogP contribution in [-0.4, -0.2) is 17.3 Å². The second-order valence-corrected chi connectivity index (χ2v) is 3.48. The van der Waals surface area contributed by atoms with Gasteiger partial charge < -0.3 is 15.0 Å². The van der Waals surface area contributed by atoms with Gasteiger partial charge in [0.2, 0.25) is 11.7 Å². The first kappa shape index (κ1) is 10.6. The predicted octanol–water partition coefficient (Wildman–Crippen LogP) is 1.76. The third kappa shape index (κ3) is 2.04. The van der Waals surface area contributed by atoms with Gasteiger partial charge in [-0.3, -0.25) is 0 Å². The van der Waals surface area contributed by atoms with Crippen molar-refractivity contribution in [3.8, 4) is 17.1 Å². The zero-order chi connectivity index (χ0) is 11.5. The van der Waals surface area contributed by atoms with E-state index in [-0.39, 0.29) is 6.04 Å². The topological polar surface area (TPSA) is 74.2 Å². The van der Waals surface area contributed by atoms with Gasteiger partial charge in [0.1, 0.15) is 5.75 Å². The third-order valence-corrected chi connectivity index (χ3v) is 2.16. The van der Waals surface area contributed by atoms with Crippen LogP contribution in [0.3, 0.4) is 0 Å². The molecular weight excluding hydrogens is 206 g/mol. The molecule has 1 atom stereocenters. The number of benzene rings is 1. The van der Waals surface area contributed by atoms with Crippen LogP contribution in [0.2, 0.25) is 0 Å². The Morgan fingerprint density at radius 2 is 2.25 bits per heavy atom. The lowest BCUT2D eigenvalue weighted by Gasteiger charge is -1.99. The minimum atomic E-state index is -0.258. The fraction of sp³-hybridized carbons (Fsp3) is 0.273. The van der Waals surface area contributed by atoms with Gasteiger partial charge in [0, 0.05) is 5.56 Å². The number of aromatic nitrogens is 2. The van der Waals surface area contributed by atoms with Crippen molar-refractivity contribution >= 4 is 0 Å². The van der Waals surface area contributed by atoms with Crippen molar-refractivity contribution in [2.24, 2.45) is 5.73 Å². The van der Waals surface area contributed by atoms with Crippen LogP contribution in [0.25, 0.3) is 11.4 Å². The number of hydrogen-bond donors (Lipinski definition) is 1. The van der Waals surface area contributed by atoms with E-state index in [0.717, 1.165) is 11.3 Å². The molecule has 0 saturated carbocycles. The van der Waals surface area contributed by atoms with Gasteiger partial charge in [-0.2, -0.15) is 4.98 Å². The molecule has 0 amide bonds. The van der Waals surface area contributed by atoms with Crippen LogP contribution in [0.5, 0.6) is 5.75 Å². The quantitative estimate of drug-likeness (QED) is 0.851. The lowest BCUT2D eigenvalue weighted by molar-refractivity contribution is 0.362. The van der Waals surface area contributed by atoms with Gasteiger partial charge in [0.05, 0.1) is 13.2 Å². The first-order valence-corrected chi connectivity index (χ1v) is 4.94. The molecule has 2 N–H and O–H groups in total. The number of methoxy groups -OCH3 is 1. The Balaban J connectivity index is 2.34. The summed E-state index contributed by atoms with van der Waals surface area (Å²) in [5.41, 5.74) is 6.48. The van der Waals surface area contributed by atoms with E-state index in [1.807, 2.05) is 24.3 Å². The van der Waals surface area contributed by atoms with E-state index in [4.69, 9.17) is 15.0 Å². The molecule has 0 radical (unpaired) electrons. The Bertz CT molecular complexity index is 480. The van der Waals surface area contributed by atoms with Crippen molar-refractivity contribution < 1.29 is 9.26 Å². The van der Waals surface area contributed by atoms with Gasteiger partial charge in [0.15, 0.2) is 0 Å². The number of nitrogens with zero attached hydrogens (tertiary/aromatic N) is 2. The lowest BCUT2D eigenvalue weighted by Crippen LogP contribution is -2.04. The molecule has 0 spiro atoms. The van der Waals surface area contributed by atoms with Crippen LogP contribution in [0, 0.1) is 0 Å². The van der Waals surface area contributed by atoms with E-state index in [2.05, 4.69) is 10.1 Å². The Kier molecular flexibility index (Phi) is 2.87. The lowest BCUT2D eigenvalue weighted by atomic mass is 10.2. The maximum Gasteiger partial charge on any atom is 0.243 e. The van der Waals surface area contributed by atoms with E-state index in [0.29, 0.717) is 11.7 Å². The van der Waals surface area contributed by atoms with E-state index < -0.39 is 0 Å². The van der Waals surface area contributed by atoms with Crippen LogP contribution >= 0.6 is 0 Å². The van der Waals surface area contributed by atoms with Crippen LogP contribution in [0.1, 0.15) is 18.9 Å². The molecule has 2 aromatic rings. The summed E-state index contributed by atoms with van der Waals surface area (Å²) >= 11 is 0. The highest BCUT2D eigenvalue weighted by Gasteiger charge is 2.11. The largest absolute Gasteiger partial charge is 0.497 e. The number of ether oxygens (including phenoxy) is 1. The summed E-state index contributed by atoms with van der Waals surface area (Å²) < 4.78 is 10.1. The molecule has 16 heavy (non-hydrogen) atoms. The highest BCUT2D eigenvalue weighted by atomic mass is 16.5. The van der Waals surface area contributed by atoms with Gasteiger partial charge in [-0.05, 0) is 19.1 Å². The monoisotopic (exact) mass is 219 g/mol. The van der Waals surface area contributed by atoms with Gasteiger partial charge >= 0.3 is 0 Å². The number of hydrogen-bond acceptors (Lipinski definition) is 5. The molecular formula is C11H13N3O2. The van der Waals surface area contributed by atoms with Gasteiger partial charge in [-0.1, -0.05) is 17.3 Å². The first-order valence-electron chi connectivity index (χ1n) is 4.94. The van der Waals surface area contributed by atoms with Crippen molar-refractivity contribution in [1.82, 2.24) is 10.1 Å². The van der Waals surface area contributed by atoms with Gasteiger partial charge in [0.25, 0.3) is 0 Å². The Hall–Kier alpha value is -1.88. The van der Waals surface area contributed by atoms with Crippen molar-refractivity contribution in [1.29, 1.82) is 0 Å². The van der Waals surface area contributed by atoms with Crippen molar-refractivity contribution in [2.75, 3.05) is 7.11 Å². The number of nitrogens with two attached hydrogens (primary N) is 1. The van der Waals surface area contributed by atoms with Crippen LogP contribution in [0.4, 0.5) is 0 Å². The molecule has 1 aromatic carbocycles. The summed E-state index contributed by atoms with van der Waals surface area (Å²) in [6.45, 7) is 1.79. The standard InChI is InChI=1S/C11H13N3O2/c1-7(12)11-13-10(14-16-11)8-4-3-5-9(6-8)15-2/h3-7H,12H2,1-2H3/t7-/m0/s1. The zero-order valence-electron chi connectivity index (χ0n) is 9.18. The second kappa shape index (κ2) is 4.32. The SMILES string of the molecule is COc1cccc(-c2noc([C@H](C)N)n2)c1. The van der Waals surface area contributed by atoms with Crippen molar-refractivity contribution in [3.05, 3.63) is 30.2 Å². The average Bonchev–Trinajstić information content (AvgIpc) is 2.78. The fourth-order valence-corrected chi connectivity index (χ4v) is 1.30. The minimum Gasteiger partial charge on any atom is -0.497 e. The maximum absolute atomic E-state index is 5.64. The normalized spacial score (nSPS) is 12.4. The molecule has 5 nitrogen and oxygen atoms in total. The smallest absolute Gasteiger partial charge is 0.243 e. The molecule has 1 aromatic heterocycles. The predicted molar refractivity (Wildman–Crippen MR) is 58.9 cm³/mol. The summed E-state index contributed by atoms with van der Waals surface area (Å²) in [5, 5.41) is 3.86. The molecule has 0 saturated heterocycles. The highest BCUT2D eigenvalue weighted by molar-refractivity contribution is 5.56. The Labute approximate surface area is 93.2 Å². The van der Waals surface area contributed by atoms with Crippen LogP contribution in [0.15, 0.2) is 28.8 Å². The molecule has 0 bridgehead atoms. The molecule has 0 aliphatic carbocycles. The summed E-state index contributed by atoms with van der Waals surface area (Å²) in [4.78, 5) is 4.20. The van der Waals surface area contributed by atoms with Crippen LogP contribution in [-0.2, 0) is 0 Å². The summed E-state index contributed by atoms with van der Waals surface area (Å²) in [7, 11) is 1.61. The minimum absolute atomic E-state index is 0.258. The molecule has 1 heterocycles. The Morgan fingerprint density at radius 1 is 1.44 bits per heavy atom. The molecule has 84 valence electrons. The Morgan fingerprint density at radius 3 is 2.88 bits per heavy atom. The maximum atomic E-state index is 5.64. The molecule has 2 rings (SSSR count). The molecule has 5 heteroatoms. The van der Waals surface area contributed by atoms with E-state index in [1.165, 1.54) is 0 Å². The zero-order valence-corrected chi connectivity index (χ0v) is 9.18. The summed E-state index contributed by atoms with van der Waals surface area (Å²) in [5.74, 6) is 1.70.